The second-order valence-electron chi connectivity index (χ2n) is 14.8. The molecule has 0 spiro atoms. The molecule has 3 N–H and O–H groups in total. The molecule has 2 bridgehead atoms. The lowest BCUT2D eigenvalue weighted by atomic mass is 9.45. The van der Waals surface area contributed by atoms with Crippen LogP contribution in [0.4, 0.5) is 0 Å². The van der Waals surface area contributed by atoms with Gasteiger partial charge in [-0.15, -0.1) is 89.3 Å². The number of esters is 1. The number of carbonyl (C=O) groups is 2. The summed E-state index contributed by atoms with van der Waals surface area (Å²) >= 11 is 0. The first kappa shape index (κ1) is 53.4. The molecule has 29 heteroatoms. The Morgan fingerprint density at radius 3 is 1.89 bits per heavy atom. The largest absolute Gasteiger partial charge is 0.455 e. The molecule has 20 unspecified atom stereocenters. The summed E-state index contributed by atoms with van der Waals surface area (Å²) in [5, 5.41) is 39.3. The third-order valence-electron chi connectivity index (χ3n) is 11.4. The van der Waals surface area contributed by atoms with Gasteiger partial charge in [0.15, 0.2) is 5.78 Å². The summed E-state index contributed by atoms with van der Waals surface area (Å²) < 4.78 is 27.1. The van der Waals surface area contributed by atoms with E-state index in [1.54, 1.807) is 37.3 Å². The summed E-state index contributed by atoms with van der Waals surface area (Å²) in [4.78, 5) is 29.9. The summed E-state index contributed by atoms with van der Waals surface area (Å²) in [7, 11) is 30.3. The molecule has 0 radical (unpaired) electrons. The summed E-state index contributed by atoms with van der Waals surface area (Å²) in [6, 6.07) is 8.58. The molecular formula is C27H54O9P20. The molecule has 5 rings (SSSR count). The van der Waals surface area contributed by atoms with E-state index in [4.69, 9.17) is 18.5 Å². The van der Waals surface area contributed by atoms with Crippen LogP contribution in [0.2, 0.25) is 0 Å². The van der Waals surface area contributed by atoms with Crippen molar-refractivity contribution in [2.75, 3.05) is 6.61 Å². The molecule has 1 aromatic carbocycles. The quantitative estimate of drug-likeness (QED) is 0.100. The van der Waals surface area contributed by atoms with E-state index in [1.165, 1.54) is 0 Å². The Morgan fingerprint density at radius 2 is 1.41 bits per heavy atom. The molecule has 316 valence electrons. The van der Waals surface area contributed by atoms with Crippen molar-refractivity contribution in [3.8, 4) is 0 Å². The Morgan fingerprint density at radius 1 is 0.839 bits per heavy atom. The molecule has 9 nitrogen and oxygen atoms in total. The van der Waals surface area contributed by atoms with Crippen molar-refractivity contribution in [2.24, 2.45) is 16.7 Å². The Bertz CT molecular complexity index is 1630. The smallest absolute Gasteiger partial charge is 0.338 e. The number of rotatable bonds is 13. The normalized spacial score (nSPS) is 35.5. The van der Waals surface area contributed by atoms with E-state index in [1.807, 2.05) is 20.8 Å². The van der Waals surface area contributed by atoms with Gasteiger partial charge in [0.2, 0.25) is 0 Å². The molecular weight excluding hydrogens is 1090 g/mol. The van der Waals surface area contributed by atoms with Gasteiger partial charge in [0.25, 0.3) is 0 Å². The van der Waals surface area contributed by atoms with Crippen molar-refractivity contribution in [1.82, 2.24) is 0 Å². The minimum absolute atomic E-state index is 0.0131. The van der Waals surface area contributed by atoms with Crippen molar-refractivity contribution < 1.29 is 43.4 Å². The SMILES string of the molecule is CC1=C2C(O)C(=O)[C@]3(C)C(OP(P(P)P)P(P)P)CC4OC[C@@]4(O)C3C(OC(=O)c3ccccc3)C(O)(CC1OP(P(P)P(P)P)P(P(P)P)P(P)P)C2(C)C. The fourth-order valence-electron chi connectivity index (χ4n) is 8.51. The van der Waals surface area contributed by atoms with Crippen LogP contribution in [0.15, 0.2) is 41.5 Å². The van der Waals surface area contributed by atoms with Crippen LogP contribution < -0.4 is 0 Å². The van der Waals surface area contributed by atoms with Crippen LogP contribution in [0.1, 0.15) is 50.9 Å². The minimum Gasteiger partial charge on any atom is -0.455 e. The molecule has 1 aromatic rings. The summed E-state index contributed by atoms with van der Waals surface area (Å²) in [6.07, 6.45) is -5.18. The van der Waals surface area contributed by atoms with Gasteiger partial charge >= 0.3 is 5.97 Å². The van der Waals surface area contributed by atoms with E-state index in [-0.39, 0.29) is 25.0 Å². The number of hydrogen-bond acceptors (Lipinski definition) is 9. The molecule has 0 aromatic heterocycles. The van der Waals surface area contributed by atoms with Crippen LogP contribution in [0, 0.1) is 16.7 Å². The Kier molecular flexibility index (Phi) is 20.4. The highest BCUT2D eigenvalue weighted by atomic mass is 33.2. The van der Waals surface area contributed by atoms with Gasteiger partial charge in [-0.3, -0.25) is 4.79 Å². The predicted molar refractivity (Wildman–Crippen MR) is 292 cm³/mol. The molecule has 0 amide bonds. The highest BCUT2D eigenvalue weighted by molar-refractivity contribution is 9.19. The average Bonchev–Trinajstić information content (AvgIpc) is 3.10. The molecule has 3 fully saturated rings. The van der Waals surface area contributed by atoms with E-state index >= 15 is 4.79 Å². The van der Waals surface area contributed by atoms with Gasteiger partial charge in [-0.05, 0) is 72.1 Å². The number of Topliss-reactive ketones (excluding diaryl/α,β-unsaturated/α-hetero) is 1. The summed E-state index contributed by atoms with van der Waals surface area (Å²) in [5.41, 5.74) is -5.21. The zero-order valence-electron chi connectivity index (χ0n) is 31.1. The molecule has 1 aliphatic heterocycles. The van der Waals surface area contributed by atoms with Crippen molar-refractivity contribution in [1.29, 1.82) is 0 Å². The molecule has 1 heterocycles. The number of benzene rings is 1. The van der Waals surface area contributed by atoms with E-state index < -0.39 is 134 Å². The summed E-state index contributed by atoms with van der Waals surface area (Å²) in [6.45, 7) is 2.71. The van der Waals surface area contributed by atoms with Crippen molar-refractivity contribution in [3.05, 3.63) is 47.0 Å². The first-order valence-electron chi connectivity index (χ1n) is 16.9. The van der Waals surface area contributed by atoms with Gasteiger partial charge in [-0.2, -0.15) is 0 Å². The number of ketones is 1. The highest BCUT2D eigenvalue weighted by Gasteiger charge is 2.77. The van der Waals surface area contributed by atoms with Crippen LogP contribution in [0.25, 0.3) is 0 Å². The molecule has 4 aliphatic rings. The third-order valence-corrected chi connectivity index (χ3v) is 105. The fraction of sp³-hybridized carbons (Fsp3) is 0.630. The van der Waals surface area contributed by atoms with E-state index in [2.05, 4.69) is 98.2 Å². The number of ether oxygens (including phenoxy) is 2. The van der Waals surface area contributed by atoms with Gasteiger partial charge in [-0.1, -0.05) is 41.0 Å². The zero-order chi connectivity index (χ0) is 42.0. The molecule has 56 heavy (non-hydrogen) atoms. The lowest BCUT2D eigenvalue weighted by molar-refractivity contribution is -0.341. The zero-order valence-corrected chi connectivity index (χ0v) is 51.9. The maximum absolute atomic E-state index is 15.6. The third kappa shape index (κ3) is 10.2. The molecule has 1 saturated heterocycles. The van der Waals surface area contributed by atoms with Crippen LogP contribution >= 0.6 is 162 Å². The Labute approximate surface area is 367 Å². The Hall–Kier alpha value is 6.46. The molecule has 22 atom stereocenters. The second kappa shape index (κ2) is 21.4. The first-order valence-corrected chi connectivity index (χ1v) is 51.5. The standard InChI is InChI=1S/C27H54O9P20/c1-13-15(35-49(55(47)52(41)42)56(53(43)44)54(45)46)11-27(32)22(34-23(30)14-8-6-5-7-9-14)20-25(4,21(29)19(28)18(13)24(27,2)3)16(10-17-26(20,31)12-33-17)36-48(50(37)38)51(39)40/h5-9,15-17,19-20,22,28,31-32H,10-12,37-47H2,1-4H3/t15?,16?,17?,19?,20?,22?,25-,26+,27?,49?,55?/m1/s1. The van der Waals surface area contributed by atoms with Gasteiger partial charge in [0.1, 0.15) is 23.4 Å². The maximum atomic E-state index is 15.6. The lowest BCUT2D eigenvalue weighted by Gasteiger charge is -2.67. The van der Waals surface area contributed by atoms with E-state index in [0.29, 0.717) is 11.1 Å². The molecule has 2 saturated carbocycles. The Balaban J connectivity index is 1.79. The number of aliphatic hydroxyl groups excluding tert-OH is 1. The number of hydrogen-bond donors (Lipinski definition) is 3. The van der Waals surface area contributed by atoms with Crippen molar-refractivity contribution in [2.45, 2.75) is 82.3 Å². The fourth-order valence-corrected chi connectivity index (χ4v) is 137. The predicted octanol–water partition coefficient (Wildman–Crippen LogP) is 12.8. The number of carbonyl (C=O) groups excluding carboxylic acids is 2. The van der Waals surface area contributed by atoms with Crippen molar-refractivity contribution >= 4 is 174 Å². The van der Waals surface area contributed by atoms with Crippen LogP contribution in [0.5, 0.6) is 0 Å². The number of fused-ring (bicyclic) bond motifs is 5. The van der Waals surface area contributed by atoms with E-state index in [0.717, 1.165) is 0 Å². The minimum atomic E-state index is -1.94. The lowest BCUT2D eigenvalue weighted by Crippen LogP contribution is -2.81. The van der Waals surface area contributed by atoms with Gasteiger partial charge < -0.3 is 33.8 Å². The van der Waals surface area contributed by atoms with Crippen molar-refractivity contribution in [3.63, 3.8) is 0 Å². The van der Waals surface area contributed by atoms with Crippen LogP contribution in [-0.2, 0) is 23.3 Å². The summed E-state index contributed by atoms with van der Waals surface area (Å²) in [5.74, 6) is -2.44. The average molecular weight is 1140 g/mol. The molecule has 3 aliphatic carbocycles. The van der Waals surface area contributed by atoms with Gasteiger partial charge in [-0.25, -0.2) is 4.79 Å². The number of aliphatic hydroxyl groups is 3. The van der Waals surface area contributed by atoms with E-state index in [9.17, 15) is 20.1 Å². The second-order valence-corrected chi connectivity index (χ2v) is 87.2. The topological polar surface area (TPSA) is 132 Å². The highest BCUT2D eigenvalue weighted by Crippen LogP contribution is 3.17. The first-order chi connectivity index (χ1) is 25.9. The van der Waals surface area contributed by atoms with Gasteiger partial charge in [0.05, 0.1) is 50.9 Å². The van der Waals surface area contributed by atoms with Gasteiger partial charge in [0, 0.05) is 38.1 Å². The maximum Gasteiger partial charge on any atom is 0.338 e. The van der Waals surface area contributed by atoms with Crippen LogP contribution in [0.3, 0.4) is 0 Å². The monoisotopic (exact) mass is 1140 g/mol. The van der Waals surface area contributed by atoms with Crippen LogP contribution in [-0.4, -0.2) is 75.4 Å².